The molecule has 3 aromatic rings. The summed E-state index contributed by atoms with van der Waals surface area (Å²) in [6.45, 7) is 35.9. The van der Waals surface area contributed by atoms with E-state index in [2.05, 4.69) is 135 Å². The summed E-state index contributed by atoms with van der Waals surface area (Å²) in [7, 11) is 8.40. The van der Waals surface area contributed by atoms with Gasteiger partial charge in [-0.15, -0.1) is 0 Å². The van der Waals surface area contributed by atoms with Gasteiger partial charge in [0.05, 0.1) is 87.5 Å². The number of rotatable bonds is 42. The van der Waals surface area contributed by atoms with Crippen LogP contribution in [0.4, 0.5) is 0 Å². The summed E-state index contributed by atoms with van der Waals surface area (Å²) in [5.41, 5.74) is 4.10. The fraction of sp³-hybridized carbons (Fsp3) is 0.731. The van der Waals surface area contributed by atoms with Gasteiger partial charge in [0.15, 0.2) is 17.9 Å². The number of aryl methyl sites for hydroxylation is 2. The van der Waals surface area contributed by atoms with Crippen molar-refractivity contribution in [2.75, 3.05) is 134 Å². The van der Waals surface area contributed by atoms with E-state index in [9.17, 15) is 14.4 Å². The Morgan fingerprint density at radius 2 is 0.913 bits per heavy atom. The first-order valence-corrected chi connectivity index (χ1v) is 35.9. The summed E-state index contributed by atoms with van der Waals surface area (Å²) >= 11 is 0. The Balaban J connectivity index is 0.000000362. The van der Waals surface area contributed by atoms with Crippen molar-refractivity contribution >= 4 is 17.7 Å². The molecule has 14 nitrogen and oxygen atoms in total. The van der Waals surface area contributed by atoms with Crippen LogP contribution in [-0.2, 0) is 56.3 Å². The number of carbonyl (C=O) groups excluding carboxylic acids is 3. The largest absolute Gasteiger partial charge is 0.491 e. The van der Waals surface area contributed by atoms with Crippen molar-refractivity contribution in [2.45, 2.75) is 235 Å². The topological polar surface area (TPSA) is 125 Å². The highest BCUT2D eigenvalue weighted by atomic mass is 16.6. The molecule has 0 spiro atoms. The van der Waals surface area contributed by atoms with Crippen LogP contribution in [0.2, 0.25) is 0 Å². The number of unbranched alkanes of at least 4 members (excludes halogenated alkanes) is 10. The lowest BCUT2D eigenvalue weighted by Crippen LogP contribution is -2.60. The number of ether oxygens (including phenoxy) is 8. The number of ketones is 1. The normalized spacial score (nSPS) is 18.4. The number of piperidine rings is 1. The maximum Gasteiger partial charge on any atom is 0.365 e. The van der Waals surface area contributed by atoms with Crippen molar-refractivity contribution in [3.05, 3.63) is 89.5 Å². The fourth-order valence-corrected chi connectivity index (χ4v) is 12.9. The number of hydrogen-bond acceptors (Lipinski definition) is 11. The lowest BCUT2D eigenvalue weighted by Gasteiger charge is -2.43. The molecule has 4 unspecified atom stereocenters. The zero-order valence-electron chi connectivity index (χ0n) is 61.4. The number of hydrogen-bond donors (Lipinski definition) is 0. The van der Waals surface area contributed by atoms with E-state index in [1.54, 1.807) is 6.92 Å². The van der Waals surface area contributed by atoms with Gasteiger partial charge in [-0.3, -0.25) is 4.79 Å². The first kappa shape index (κ1) is 81.7. The third-order valence-corrected chi connectivity index (χ3v) is 17.9. The number of quaternary nitrogens is 3. The molecule has 3 aromatic carbocycles. The highest BCUT2D eigenvalue weighted by Crippen LogP contribution is 2.37. The minimum atomic E-state index is -0.440. The summed E-state index contributed by atoms with van der Waals surface area (Å²) in [6.07, 6.45) is 24.5. The van der Waals surface area contributed by atoms with Gasteiger partial charge in [0.2, 0.25) is 0 Å². The average molecular weight is 1290 g/mol. The number of esters is 2. The quantitative estimate of drug-likeness (QED) is 0.0306. The van der Waals surface area contributed by atoms with Gasteiger partial charge in [-0.25, -0.2) is 9.59 Å². The van der Waals surface area contributed by atoms with Crippen LogP contribution in [0.3, 0.4) is 0 Å². The Bertz CT molecular complexity index is 2430. The van der Waals surface area contributed by atoms with E-state index < -0.39 is 5.60 Å². The minimum absolute atomic E-state index is 0.0628. The lowest BCUT2D eigenvalue weighted by atomic mass is 9.72. The van der Waals surface area contributed by atoms with Crippen LogP contribution in [0.1, 0.15) is 215 Å². The molecular formula is C78H134N3O11+3. The van der Waals surface area contributed by atoms with Crippen LogP contribution >= 0.6 is 0 Å². The number of likely N-dealkylation sites (N-methyl/N-ethyl adjacent to an activating group) is 3. The van der Waals surface area contributed by atoms with Gasteiger partial charge in [-0.1, -0.05) is 149 Å². The predicted molar refractivity (Wildman–Crippen MR) is 377 cm³/mol. The molecule has 92 heavy (non-hydrogen) atoms. The minimum Gasteiger partial charge on any atom is -0.491 e. The Kier molecular flexibility index (Phi) is 38.6. The molecule has 0 aliphatic carbocycles. The van der Waals surface area contributed by atoms with E-state index >= 15 is 0 Å². The average Bonchev–Trinajstić information content (AvgIpc) is 1.44. The zero-order valence-corrected chi connectivity index (χ0v) is 61.4. The van der Waals surface area contributed by atoms with Crippen LogP contribution in [0.25, 0.3) is 0 Å². The highest BCUT2D eigenvalue weighted by Gasteiger charge is 2.45. The second-order valence-electron chi connectivity index (χ2n) is 30.2. The summed E-state index contributed by atoms with van der Waals surface area (Å²) in [4.78, 5) is 36.2. The van der Waals surface area contributed by atoms with E-state index in [4.69, 9.17) is 37.9 Å². The van der Waals surface area contributed by atoms with Gasteiger partial charge >= 0.3 is 11.9 Å². The Morgan fingerprint density at radius 3 is 1.35 bits per heavy atom. The smallest absolute Gasteiger partial charge is 0.365 e. The molecule has 0 amide bonds. The Morgan fingerprint density at radius 1 is 0.500 bits per heavy atom. The van der Waals surface area contributed by atoms with E-state index in [0.717, 1.165) is 101 Å². The molecule has 4 atom stereocenters. The molecule has 2 saturated heterocycles. The number of benzene rings is 3. The molecule has 2 aliphatic rings. The molecule has 0 bridgehead atoms. The van der Waals surface area contributed by atoms with E-state index in [-0.39, 0.29) is 35.2 Å². The third kappa shape index (κ3) is 35.3. The van der Waals surface area contributed by atoms with Crippen molar-refractivity contribution < 1.29 is 65.7 Å². The van der Waals surface area contributed by atoms with Crippen LogP contribution in [0.15, 0.2) is 72.8 Å². The number of Topliss-reactive ketones (excluding diaryl/α,β-unsaturated/α-hetero) is 1. The second kappa shape index (κ2) is 43.5. The number of carbonyl (C=O) groups is 3. The van der Waals surface area contributed by atoms with Gasteiger partial charge < -0.3 is 51.3 Å². The van der Waals surface area contributed by atoms with Gasteiger partial charge in [-0.2, -0.15) is 0 Å². The summed E-state index contributed by atoms with van der Waals surface area (Å²) in [5.74, 6) is 2.74. The first-order chi connectivity index (χ1) is 43.6. The monoisotopic (exact) mass is 1290 g/mol. The maximum absolute atomic E-state index is 12.6. The molecule has 2 heterocycles. The lowest BCUT2D eigenvalue weighted by molar-refractivity contribution is -0.930. The van der Waals surface area contributed by atoms with Crippen LogP contribution in [0.5, 0.6) is 17.2 Å². The van der Waals surface area contributed by atoms with Gasteiger partial charge in [0.25, 0.3) is 0 Å². The molecule has 5 rings (SSSR count). The summed E-state index contributed by atoms with van der Waals surface area (Å²) < 4.78 is 47.8. The molecule has 0 saturated carbocycles. The van der Waals surface area contributed by atoms with Crippen molar-refractivity contribution in [3.8, 4) is 17.2 Å². The molecule has 14 heteroatoms. The van der Waals surface area contributed by atoms with Crippen molar-refractivity contribution in [1.82, 2.24) is 0 Å². The van der Waals surface area contributed by atoms with Crippen LogP contribution in [0, 0.1) is 5.41 Å². The molecule has 2 fully saturated rings. The predicted octanol–water partition coefficient (Wildman–Crippen LogP) is 15.9. The van der Waals surface area contributed by atoms with E-state index in [1.165, 1.54) is 93.7 Å². The summed E-state index contributed by atoms with van der Waals surface area (Å²) in [5, 5.41) is 0. The highest BCUT2D eigenvalue weighted by molar-refractivity contribution is 5.76. The maximum atomic E-state index is 12.6. The second-order valence-corrected chi connectivity index (χ2v) is 30.2. The summed E-state index contributed by atoms with van der Waals surface area (Å²) in [6, 6.07) is 25.3. The molecule has 2 aliphatic heterocycles. The molecular weight excluding hydrogens is 1150 g/mol. The number of nitrogens with zero attached hydrogens (tertiary/aromatic N) is 3. The SMILES string of the molecule is CCCCCCCCc1ccc(OCCOCC[N+](C)(C)CC(C)=O)cc1.CCCCCCCCc1ccc(OCCOCC[N+]2(C)CCCC2C(=O)OC(C)(C)C)cc1.CCOC(=O)C1CCCC[N+]1(C)CCOCCOc1ccc(C(C)(C)CC(C)(C)C)cc1. The van der Waals surface area contributed by atoms with E-state index in [0.29, 0.717) is 91.5 Å². The first-order valence-electron chi connectivity index (χ1n) is 35.9. The Labute approximate surface area is 561 Å². The Hall–Kier alpha value is -4.57. The van der Waals surface area contributed by atoms with Crippen molar-refractivity contribution in [3.63, 3.8) is 0 Å². The van der Waals surface area contributed by atoms with Crippen molar-refractivity contribution in [1.29, 1.82) is 0 Å². The molecule has 0 radical (unpaired) electrons. The molecule has 0 N–H and O–H groups in total. The molecule has 0 aromatic heterocycles. The van der Waals surface area contributed by atoms with E-state index in [1.807, 2.05) is 41.8 Å². The third-order valence-electron chi connectivity index (χ3n) is 17.9. The fourth-order valence-electron chi connectivity index (χ4n) is 12.9. The standard InChI is InChI=1S/C28H48NO4.C27H46NO4.C23H40NO3/c1-6-7-8-9-10-11-13-24-15-17-25(18-16-24)32-23-22-31-21-20-29(5)19-12-14-26(29)27(30)33-28(2,3)4;1-8-31-25(29)24-11-9-10-16-28(24,7)17-18-30-19-20-32-23-14-12-22(13-15-23)27(5,6)21-26(2,3)4;1-5-6-7-8-9-10-11-22-12-14-23(15-13-22)27-19-18-26-17-16-24(3,4)20-21(2)25/h15-18,26H,6-14,19-23H2,1-5H3;12-15,24H,8-11,16-21H2,1-7H3;12-15H,5-11,16-20H2,1-4H3/q3*+1. The van der Waals surface area contributed by atoms with Gasteiger partial charge in [0.1, 0.15) is 68.8 Å². The number of likely N-dealkylation sites (tertiary alicyclic amines) is 2. The van der Waals surface area contributed by atoms with Crippen LogP contribution < -0.4 is 14.2 Å². The zero-order chi connectivity index (χ0) is 67.9. The molecule has 524 valence electrons. The van der Waals surface area contributed by atoms with Crippen LogP contribution in [-0.4, -0.2) is 182 Å². The van der Waals surface area contributed by atoms with Gasteiger partial charge in [-0.05, 0) is 137 Å². The van der Waals surface area contributed by atoms with Crippen molar-refractivity contribution in [2.24, 2.45) is 5.41 Å². The van der Waals surface area contributed by atoms with Gasteiger partial charge in [0, 0.05) is 26.2 Å².